The molecule has 11 heavy (non-hydrogen) atoms. The zero-order valence-electron chi connectivity index (χ0n) is 6.63. The third-order valence-corrected chi connectivity index (χ3v) is 1.35. The number of hydrogen-bond acceptors (Lipinski definition) is 4. The Morgan fingerprint density at radius 1 is 1.55 bits per heavy atom. The van der Waals surface area contributed by atoms with Gasteiger partial charge in [-0.05, 0) is 7.05 Å². The van der Waals surface area contributed by atoms with Gasteiger partial charge in [-0.2, -0.15) is 0 Å². The minimum Gasteiger partial charge on any atom is -0.364 e. The van der Waals surface area contributed by atoms with E-state index >= 15 is 0 Å². The predicted octanol–water partition coefficient (Wildman–Crippen LogP) is -0.0164. The molecule has 0 aliphatic rings. The number of aromatic nitrogens is 1. The van der Waals surface area contributed by atoms with Crippen molar-refractivity contribution in [2.75, 3.05) is 20.1 Å². The number of hydrogen-bond donors (Lipinski definition) is 2. The molecule has 0 aliphatic heterocycles. The maximum absolute atomic E-state index is 4.67. The normalized spacial score (nSPS) is 10.3. The van der Waals surface area contributed by atoms with Crippen molar-refractivity contribution >= 4 is 0 Å². The summed E-state index contributed by atoms with van der Waals surface area (Å²) in [6.07, 6.45) is 1.58. The Hall–Kier alpha value is -0.870. The highest BCUT2D eigenvalue weighted by molar-refractivity contribution is 4.93. The molecule has 0 aromatic carbocycles. The molecular weight excluding hydrogens is 142 g/mol. The first-order valence-corrected chi connectivity index (χ1v) is 3.68. The Morgan fingerprint density at radius 2 is 2.45 bits per heavy atom. The van der Waals surface area contributed by atoms with E-state index in [0.717, 1.165) is 25.3 Å². The van der Waals surface area contributed by atoms with Crippen molar-refractivity contribution in [1.29, 1.82) is 0 Å². The van der Waals surface area contributed by atoms with Gasteiger partial charge in [0.2, 0.25) is 0 Å². The maximum Gasteiger partial charge on any atom is 0.124 e. The van der Waals surface area contributed by atoms with Gasteiger partial charge < -0.3 is 15.2 Å². The molecule has 0 atom stereocenters. The van der Waals surface area contributed by atoms with Crippen LogP contribution in [0.1, 0.15) is 5.69 Å². The summed E-state index contributed by atoms with van der Waals surface area (Å²) in [6.45, 7) is 2.69. The summed E-state index contributed by atoms with van der Waals surface area (Å²) in [5.41, 5.74) is 0.945. The molecular formula is C7H13N3O. The lowest BCUT2D eigenvalue weighted by molar-refractivity contribution is 0.408. The van der Waals surface area contributed by atoms with Gasteiger partial charge in [0.1, 0.15) is 6.26 Å². The second kappa shape index (κ2) is 4.87. The number of likely N-dealkylation sites (N-methyl/N-ethyl adjacent to an activating group) is 1. The zero-order chi connectivity index (χ0) is 7.94. The van der Waals surface area contributed by atoms with Gasteiger partial charge in [0, 0.05) is 25.7 Å². The summed E-state index contributed by atoms with van der Waals surface area (Å²) in [7, 11) is 1.93. The lowest BCUT2D eigenvalue weighted by atomic mass is 10.4. The van der Waals surface area contributed by atoms with Gasteiger partial charge in [-0.1, -0.05) is 5.16 Å². The molecule has 0 bridgehead atoms. The van der Waals surface area contributed by atoms with Crippen LogP contribution in [-0.4, -0.2) is 25.3 Å². The molecule has 1 heterocycles. The van der Waals surface area contributed by atoms with Gasteiger partial charge in [0.05, 0.1) is 5.69 Å². The molecule has 0 amide bonds. The van der Waals surface area contributed by atoms with Crippen LogP contribution in [0.25, 0.3) is 0 Å². The molecule has 1 aromatic rings. The summed E-state index contributed by atoms with van der Waals surface area (Å²) in [6, 6.07) is 1.85. The van der Waals surface area contributed by atoms with Crippen molar-refractivity contribution in [3.8, 4) is 0 Å². The largest absolute Gasteiger partial charge is 0.364 e. The van der Waals surface area contributed by atoms with E-state index in [1.165, 1.54) is 0 Å². The first-order valence-electron chi connectivity index (χ1n) is 3.68. The van der Waals surface area contributed by atoms with E-state index < -0.39 is 0 Å². The predicted molar refractivity (Wildman–Crippen MR) is 42.1 cm³/mol. The minimum absolute atomic E-state index is 0.776. The molecule has 0 saturated carbocycles. The molecule has 0 saturated heterocycles. The van der Waals surface area contributed by atoms with Gasteiger partial charge in [-0.25, -0.2) is 0 Å². The summed E-state index contributed by atoms with van der Waals surface area (Å²) in [5, 5.41) is 10.0. The molecule has 0 aliphatic carbocycles. The number of nitrogens with zero attached hydrogens (tertiary/aromatic N) is 1. The van der Waals surface area contributed by atoms with Crippen LogP contribution in [0, 0.1) is 0 Å². The van der Waals surface area contributed by atoms with E-state index in [1.54, 1.807) is 6.26 Å². The summed E-state index contributed by atoms with van der Waals surface area (Å²) < 4.78 is 4.67. The molecule has 62 valence electrons. The molecule has 1 rings (SSSR count). The van der Waals surface area contributed by atoms with Gasteiger partial charge in [-0.3, -0.25) is 0 Å². The average molecular weight is 155 g/mol. The van der Waals surface area contributed by atoms with Crippen molar-refractivity contribution in [2.45, 2.75) is 6.54 Å². The van der Waals surface area contributed by atoms with E-state index in [1.807, 2.05) is 13.1 Å². The second-order valence-electron chi connectivity index (χ2n) is 2.27. The Balaban J connectivity index is 2.04. The van der Waals surface area contributed by atoms with Crippen LogP contribution >= 0.6 is 0 Å². The van der Waals surface area contributed by atoms with Crippen molar-refractivity contribution in [1.82, 2.24) is 15.8 Å². The first-order chi connectivity index (χ1) is 5.43. The van der Waals surface area contributed by atoms with E-state index in [2.05, 4.69) is 20.3 Å². The number of nitrogens with one attached hydrogen (secondary N) is 2. The van der Waals surface area contributed by atoms with Crippen LogP contribution in [0.5, 0.6) is 0 Å². The molecule has 0 unspecified atom stereocenters. The minimum atomic E-state index is 0.776. The van der Waals surface area contributed by atoms with Gasteiger partial charge in [0.15, 0.2) is 0 Å². The third kappa shape index (κ3) is 3.15. The lowest BCUT2D eigenvalue weighted by Gasteiger charge is -1.99. The first kappa shape index (κ1) is 8.23. The van der Waals surface area contributed by atoms with E-state index in [4.69, 9.17) is 0 Å². The Bertz CT molecular complexity index is 174. The standard InChI is InChI=1S/C7H13N3O/c1-8-3-4-9-6-7-2-5-11-10-7/h2,5,8-9H,3-4,6H2,1H3. The van der Waals surface area contributed by atoms with Crippen LogP contribution in [-0.2, 0) is 6.54 Å². The van der Waals surface area contributed by atoms with Crippen molar-refractivity contribution < 1.29 is 4.52 Å². The summed E-state index contributed by atoms with van der Waals surface area (Å²) in [4.78, 5) is 0. The van der Waals surface area contributed by atoms with Crippen LogP contribution in [0.2, 0.25) is 0 Å². The fraction of sp³-hybridized carbons (Fsp3) is 0.571. The van der Waals surface area contributed by atoms with Crippen LogP contribution in [0.3, 0.4) is 0 Å². The smallest absolute Gasteiger partial charge is 0.124 e. The molecule has 4 heteroatoms. The third-order valence-electron chi connectivity index (χ3n) is 1.35. The highest BCUT2D eigenvalue weighted by Gasteiger charge is 1.93. The zero-order valence-corrected chi connectivity index (χ0v) is 6.63. The van der Waals surface area contributed by atoms with Crippen molar-refractivity contribution in [3.05, 3.63) is 18.0 Å². The topological polar surface area (TPSA) is 50.1 Å². The fourth-order valence-electron chi connectivity index (χ4n) is 0.759. The molecule has 1 aromatic heterocycles. The van der Waals surface area contributed by atoms with Crippen molar-refractivity contribution in [3.63, 3.8) is 0 Å². The molecule has 0 fully saturated rings. The monoisotopic (exact) mass is 155 g/mol. The number of rotatable bonds is 5. The Morgan fingerprint density at radius 3 is 3.09 bits per heavy atom. The highest BCUT2D eigenvalue weighted by atomic mass is 16.5. The summed E-state index contributed by atoms with van der Waals surface area (Å²) >= 11 is 0. The Labute approximate surface area is 66.0 Å². The molecule has 2 N–H and O–H groups in total. The second-order valence-corrected chi connectivity index (χ2v) is 2.27. The van der Waals surface area contributed by atoms with Crippen LogP contribution < -0.4 is 10.6 Å². The average Bonchev–Trinajstić information content (AvgIpc) is 2.50. The van der Waals surface area contributed by atoms with Crippen molar-refractivity contribution in [2.24, 2.45) is 0 Å². The molecule has 0 spiro atoms. The highest BCUT2D eigenvalue weighted by Crippen LogP contribution is 1.91. The lowest BCUT2D eigenvalue weighted by Crippen LogP contribution is -2.24. The Kier molecular flexibility index (Phi) is 3.64. The van der Waals surface area contributed by atoms with Gasteiger partial charge >= 0.3 is 0 Å². The molecule has 4 nitrogen and oxygen atoms in total. The maximum atomic E-state index is 4.67. The van der Waals surface area contributed by atoms with Crippen LogP contribution in [0.4, 0.5) is 0 Å². The SMILES string of the molecule is CNCCNCc1ccon1. The van der Waals surface area contributed by atoms with E-state index in [9.17, 15) is 0 Å². The van der Waals surface area contributed by atoms with Gasteiger partial charge in [-0.15, -0.1) is 0 Å². The summed E-state index contributed by atoms with van der Waals surface area (Å²) in [5.74, 6) is 0. The van der Waals surface area contributed by atoms with E-state index in [0.29, 0.717) is 0 Å². The fourth-order valence-corrected chi connectivity index (χ4v) is 0.759. The van der Waals surface area contributed by atoms with E-state index in [-0.39, 0.29) is 0 Å². The quantitative estimate of drug-likeness (QED) is 0.587. The van der Waals surface area contributed by atoms with Crippen LogP contribution in [0.15, 0.2) is 16.9 Å². The van der Waals surface area contributed by atoms with Gasteiger partial charge in [0.25, 0.3) is 0 Å². The molecule has 0 radical (unpaired) electrons.